The molecular weight excluding hydrogens is 450 g/mol. The minimum Gasteiger partial charge on any atom is -0.456 e. The quantitative estimate of drug-likeness (QED) is 0.552. The second kappa shape index (κ2) is 10.5. The van der Waals surface area contributed by atoms with E-state index in [1.54, 1.807) is 18.2 Å². The van der Waals surface area contributed by atoms with Crippen LogP contribution in [0.15, 0.2) is 36.4 Å². The maximum atomic E-state index is 11.9. The highest BCUT2D eigenvalue weighted by molar-refractivity contribution is 6.42. The summed E-state index contributed by atoms with van der Waals surface area (Å²) in [6.45, 7) is -0.496. The smallest absolute Gasteiger partial charge is 0.306 e. The van der Waals surface area contributed by atoms with Gasteiger partial charge in [0.05, 0.1) is 27.2 Å². The van der Waals surface area contributed by atoms with Crippen LogP contribution in [0.25, 0.3) is 0 Å². The lowest BCUT2D eigenvalue weighted by molar-refractivity contribution is -0.147. The monoisotopic (exact) mass is 462 g/mol. The number of rotatable bonds is 7. The molecule has 2 aromatic carbocycles. The van der Waals surface area contributed by atoms with E-state index in [4.69, 9.17) is 51.1 Å². The number of benzene rings is 2. The molecule has 0 atom stereocenters. The Labute approximate surface area is 181 Å². The average molecular weight is 464 g/mol. The molecule has 0 aliphatic carbocycles. The minimum absolute atomic E-state index is 0.133. The molecule has 0 aliphatic heterocycles. The molecular formula is C18H14Cl4N2O4. The lowest BCUT2D eigenvalue weighted by Gasteiger charge is -2.08. The van der Waals surface area contributed by atoms with Crippen LogP contribution in [-0.4, -0.2) is 24.4 Å². The van der Waals surface area contributed by atoms with Crippen LogP contribution < -0.4 is 10.6 Å². The Morgan fingerprint density at radius 2 is 1.54 bits per heavy atom. The lowest BCUT2D eigenvalue weighted by atomic mass is 10.2. The molecule has 2 rings (SSSR count). The fourth-order valence-electron chi connectivity index (χ4n) is 2.01. The number of halogens is 4. The Kier molecular flexibility index (Phi) is 8.38. The van der Waals surface area contributed by atoms with Crippen molar-refractivity contribution in [3.63, 3.8) is 0 Å². The van der Waals surface area contributed by atoms with E-state index in [9.17, 15) is 14.4 Å². The van der Waals surface area contributed by atoms with E-state index in [1.807, 2.05) is 0 Å². The number of nitrogens with one attached hydrogen (secondary N) is 2. The van der Waals surface area contributed by atoms with Crippen molar-refractivity contribution >= 4 is 75.6 Å². The van der Waals surface area contributed by atoms with Gasteiger partial charge in [0.1, 0.15) is 0 Å². The SMILES string of the molecule is O=C(COC(=O)CCC(=O)Nc1ccc(Cl)cc1Cl)Nc1ccc(Cl)c(Cl)c1. The molecule has 0 fully saturated rings. The van der Waals surface area contributed by atoms with Crippen molar-refractivity contribution < 1.29 is 19.1 Å². The van der Waals surface area contributed by atoms with E-state index in [0.29, 0.717) is 21.4 Å². The van der Waals surface area contributed by atoms with Gasteiger partial charge in [-0.25, -0.2) is 0 Å². The summed E-state index contributed by atoms with van der Waals surface area (Å²) in [6.07, 6.45) is -0.330. The summed E-state index contributed by atoms with van der Waals surface area (Å²) in [5.74, 6) is -1.67. The average Bonchev–Trinajstić information content (AvgIpc) is 2.63. The van der Waals surface area contributed by atoms with Gasteiger partial charge in [-0.3, -0.25) is 14.4 Å². The van der Waals surface area contributed by atoms with Gasteiger partial charge in [0.25, 0.3) is 5.91 Å². The third kappa shape index (κ3) is 7.20. The second-order valence-electron chi connectivity index (χ2n) is 5.51. The molecule has 2 amide bonds. The van der Waals surface area contributed by atoms with Crippen molar-refractivity contribution in [2.45, 2.75) is 12.8 Å². The van der Waals surface area contributed by atoms with Crippen LogP contribution in [0.4, 0.5) is 11.4 Å². The summed E-state index contributed by atoms with van der Waals surface area (Å²) in [4.78, 5) is 35.4. The Bertz CT molecular complexity index is 905. The van der Waals surface area contributed by atoms with Crippen LogP contribution in [-0.2, 0) is 19.1 Å². The molecule has 0 radical (unpaired) electrons. The summed E-state index contributed by atoms with van der Waals surface area (Å²) >= 11 is 23.4. The zero-order valence-corrected chi connectivity index (χ0v) is 17.3. The van der Waals surface area contributed by atoms with Crippen molar-refractivity contribution in [3.8, 4) is 0 Å². The van der Waals surface area contributed by atoms with Gasteiger partial charge in [0.15, 0.2) is 6.61 Å². The molecule has 2 N–H and O–H groups in total. The van der Waals surface area contributed by atoms with Gasteiger partial charge in [0.2, 0.25) is 5.91 Å². The van der Waals surface area contributed by atoms with E-state index in [2.05, 4.69) is 10.6 Å². The van der Waals surface area contributed by atoms with Crippen molar-refractivity contribution in [1.29, 1.82) is 0 Å². The van der Waals surface area contributed by atoms with Crippen LogP contribution in [0.1, 0.15) is 12.8 Å². The Hall–Kier alpha value is -1.99. The van der Waals surface area contributed by atoms with E-state index < -0.39 is 24.4 Å². The molecule has 0 aliphatic rings. The molecule has 0 bridgehead atoms. The molecule has 0 unspecified atom stereocenters. The summed E-state index contributed by atoms with van der Waals surface area (Å²) < 4.78 is 4.84. The van der Waals surface area contributed by atoms with Crippen LogP contribution in [0.3, 0.4) is 0 Å². The minimum atomic E-state index is -0.693. The van der Waals surface area contributed by atoms with Crippen molar-refractivity contribution in [2.75, 3.05) is 17.2 Å². The third-order valence-electron chi connectivity index (χ3n) is 3.33. The number of esters is 1. The number of hydrogen-bond acceptors (Lipinski definition) is 4. The zero-order valence-electron chi connectivity index (χ0n) is 14.2. The third-order valence-corrected chi connectivity index (χ3v) is 4.62. The maximum Gasteiger partial charge on any atom is 0.306 e. The maximum absolute atomic E-state index is 11.9. The zero-order chi connectivity index (χ0) is 20.7. The molecule has 148 valence electrons. The van der Waals surface area contributed by atoms with E-state index >= 15 is 0 Å². The van der Waals surface area contributed by atoms with E-state index in [-0.39, 0.29) is 22.9 Å². The predicted octanol–water partition coefficient (Wildman–Crippen LogP) is 5.20. The first-order chi connectivity index (χ1) is 13.2. The van der Waals surface area contributed by atoms with E-state index in [0.717, 1.165) is 0 Å². The van der Waals surface area contributed by atoms with Crippen LogP contribution in [0.5, 0.6) is 0 Å². The van der Waals surface area contributed by atoms with Gasteiger partial charge in [0, 0.05) is 17.1 Å². The van der Waals surface area contributed by atoms with Crippen molar-refractivity contribution in [1.82, 2.24) is 0 Å². The standard InChI is InChI=1S/C18H14Cl4N2O4/c19-10-1-4-15(14(22)7-10)24-16(25)5-6-18(27)28-9-17(26)23-11-2-3-12(20)13(21)8-11/h1-4,7-8H,5-6,9H2,(H,23,26)(H,24,25). The fraction of sp³-hybridized carbons (Fsp3) is 0.167. The highest BCUT2D eigenvalue weighted by Crippen LogP contribution is 2.26. The van der Waals surface area contributed by atoms with Gasteiger partial charge in [-0.15, -0.1) is 0 Å². The lowest BCUT2D eigenvalue weighted by Crippen LogP contribution is -2.21. The number of carbonyl (C=O) groups excluding carboxylic acids is 3. The largest absolute Gasteiger partial charge is 0.456 e. The van der Waals surface area contributed by atoms with Crippen LogP contribution in [0, 0.1) is 0 Å². The topological polar surface area (TPSA) is 84.5 Å². The molecule has 28 heavy (non-hydrogen) atoms. The second-order valence-corrected chi connectivity index (χ2v) is 7.17. The first-order valence-electron chi connectivity index (χ1n) is 7.90. The van der Waals surface area contributed by atoms with Crippen molar-refractivity contribution in [3.05, 3.63) is 56.5 Å². The van der Waals surface area contributed by atoms with Gasteiger partial charge >= 0.3 is 5.97 Å². The predicted molar refractivity (Wildman–Crippen MR) is 110 cm³/mol. The Balaban J connectivity index is 1.72. The number of ether oxygens (including phenoxy) is 1. The molecule has 0 saturated heterocycles. The normalized spacial score (nSPS) is 10.3. The van der Waals surface area contributed by atoms with Gasteiger partial charge in [-0.2, -0.15) is 0 Å². The highest BCUT2D eigenvalue weighted by Gasteiger charge is 2.12. The van der Waals surface area contributed by atoms with E-state index in [1.165, 1.54) is 18.2 Å². The molecule has 10 heteroatoms. The number of hydrogen-bond donors (Lipinski definition) is 2. The molecule has 0 saturated carbocycles. The van der Waals surface area contributed by atoms with Gasteiger partial charge in [-0.1, -0.05) is 46.4 Å². The summed E-state index contributed by atoms with van der Waals surface area (Å²) in [6, 6.07) is 9.16. The first kappa shape index (κ1) is 22.3. The van der Waals surface area contributed by atoms with Crippen LogP contribution >= 0.6 is 46.4 Å². The summed E-state index contributed by atoms with van der Waals surface area (Å²) in [5, 5.41) is 6.42. The molecule has 2 aromatic rings. The molecule has 0 spiro atoms. The summed E-state index contributed by atoms with van der Waals surface area (Å²) in [5.41, 5.74) is 0.792. The van der Waals surface area contributed by atoms with Gasteiger partial charge in [-0.05, 0) is 36.4 Å². The van der Waals surface area contributed by atoms with Crippen molar-refractivity contribution in [2.24, 2.45) is 0 Å². The molecule has 0 aromatic heterocycles. The Morgan fingerprint density at radius 1 is 0.786 bits per heavy atom. The fourth-order valence-corrected chi connectivity index (χ4v) is 2.76. The summed E-state index contributed by atoms with van der Waals surface area (Å²) in [7, 11) is 0. The number of anilines is 2. The molecule has 0 heterocycles. The Morgan fingerprint density at radius 3 is 2.21 bits per heavy atom. The van der Waals surface area contributed by atoms with Gasteiger partial charge < -0.3 is 15.4 Å². The first-order valence-corrected chi connectivity index (χ1v) is 9.41. The number of carbonyl (C=O) groups is 3. The highest BCUT2D eigenvalue weighted by atomic mass is 35.5. The molecule has 6 nitrogen and oxygen atoms in total. The number of amides is 2. The van der Waals surface area contributed by atoms with Crippen LogP contribution in [0.2, 0.25) is 20.1 Å².